The summed E-state index contributed by atoms with van der Waals surface area (Å²) in [5.74, 6) is 1.49. The molecule has 0 aliphatic heterocycles. The highest BCUT2D eigenvalue weighted by atomic mass is 14.7. The van der Waals surface area contributed by atoms with Gasteiger partial charge in [-0.3, -0.25) is 0 Å². The Morgan fingerprint density at radius 2 is 1.21 bits per heavy atom. The van der Waals surface area contributed by atoms with Crippen molar-refractivity contribution < 1.29 is 0 Å². The molecule has 0 spiro atoms. The fraction of sp³-hybridized carbons (Fsp3) is 1.00. The molecule has 1 atom stereocenters. The molecule has 14 heavy (non-hydrogen) atoms. The van der Waals surface area contributed by atoms with Crippen LogP contribution in [0.5, 0.6) is 0 Å². The standard InChI is InChI=1S/C13H29N/c1-5-9-12(10-6-2)13(14)11(7-3)8-4/h11-13H,5-10,14H2,1-4H3. The van der Waals surface area contributed by atoms with Gasteiger partial charge in [-0.05, 0) is 24.7 Å². The predicted octanol–water partition coefficient (Wildman–Crippen LogP) is 3.97. The van der Waals surface area contributed by atoms with Gasteiger partial charge in [0.05, 0.1) is 0 Å². The van der Waals surface area contributed by atoms with E-state index in [1.807, 2.05) is 0 Å². The summed E-state index contributed by atoms with van der Waals surface area (Å²) in [5.41, 5.74) is 6.36. The van der Waals surface area contributed by atoms with Crippen LogP contribution < -0.4 is 5.73 Å². The van der Waals surface area contributed by atoms with Gasteiger partial charge in [-0.2, -0.15) is 0 Å². The zero-order valence-corrected chi connectivity index (χ0v) is 10.6. The average molecular weight is 199 g/mol. The highest BCUT2D eigenvalue weighted by Gasteiger charge is 2.22. The number of nitrogens with two attached hydrogens (primary N) is 1. The van der Waals surface area contributed by atoms with Crippen LogP contribution in [0.3, 0.4) is 0 Å². The molecule has 0 radical (unpaired) electrons. The molecule has 0 aromatic carbocycles. The molecule has 0 saturated heterocycles. The summed E-state index contributed by atoms with van der Waals surface area (Å²) < 4.78 is 0. The number of hydrogen-bond donors (Lipinski definition) is 1. The van der Waals surface area contributed by atoms with Crippen LogP contribution >= 0.6 is 0 Å². The first-order valence-electron chi connectivity index (χ1n) is 6.46. The first-order chi connectivity index (χ1) is 6.71. The van der Waals surface area contributed by atoms with Crippen LogP contribution in [-0.4, -0.2) is 6.04 Å². The largest absolute Gasteiger partial charge is 0.327 e. The van der Waals surface area contributed by atoms with Crippen LogP contribution in [0, 0.1) is 11.8 Å². The van der Waals surface area contributed by atoms with E-state index in [9.17, 15) is 0 Å². The fourth-order valence-electron chi connectivity index (χ4n) is 2.49. The lowest BCUT2D eigenvalue weighted by Gasteiger charge is -2.29. The minimum absolute atomic E-state index is 0.435. The molecule has 0 aromatic heterocycles. The van der Waals surface area contributed by atoms with Crippen molar-refractivity contribution in [2.24, 2.45) is 17.6 Å². The van der Waals surface area contributed by atoms with Crippen molar-refractivity contribution in [3.8, 4) is 0 Å². The predicted molar refractivity (Wildman–Crippen MR) is 65.4 cm³/mol. The van der Waals surface area contributed by atoms with Crippen molar-refractivity contribution in [1.29, 1.82) is 0 Å². The molecular weight excluding hydrogens is 170 g/mol. The topological polar surface area (TPSA) is 26.0 Å². The molecular formula is C13H29N. The summed E-state index contributed by atoms with van der Waals surface area (Å²) >= 11 is 0. The SMILES string of the molecule is CCCC(CCC)C(N)C(CC)CC. The van der Waals surface area contributed by atoms with Crippen molar-refractivity contribution in [2.75, 3.05) is 0 Å². The Labute approximate surface area is 90.5 Å². The van der Waals surface area contributed by atoms with Crippen LogP contribution in [0.25, 0.3) is 0 Å². The van der Waals surface area contributed by atoms with Gasteiger partial charge in [0.15, 0.2) is 0 Å². The lowest BCUT2D eigenvalue weighted by atomic mass is 9.81. The van der Waals surface area contributed by atoms with Gasteiger partial charge in [-0.1, -0.05) is 53.4 Å². The molecule has 0 heterocycles. The van der Waals surface area contributed by atoms with E-state index < -0.39 is 0 Å². The van der Waals surface area contributed by atoms with Gasteiger partial charge in [-0.15, -0.1) is 0 Å². The molecule has 0 amide bonds. The average Bonchev–Trinajstić information content (AvgIpc) is 2.19. The van der Waals surface area contributed by atoms with Crippen LogP contribution in [0.1, 0.15) is 66.2 Å². The Morgan fingerprint density at radius 3 is 1.50 bits per heavy atom. The Hall–Kier alpha value is -0.0400. The summed E-state index contributed by atoms with van der Waals surface area (Å²) in [6, 6.07) is 0.435. The third kappa shape index (κ3) is 4.45. The van der Waals surface area contributed by atoms with E-state index in [0.717, 1.165) is 11.8 Å². The van der Waals surface area contributed by atoms with Crippen LogP contribution in [-0.2, 0) is 0 Å². The Kier molecular flexibility index (Phi) is 8.26. The van der Waals surface area contributed by atoms with Gasteiger partial charge in [0.25, 0.3) is 0 Å². The maximum atomic E-state index is 6.36. The smallest absolute Gasteiger partial charge is 0.00954 e. The molecule has 0 fully saturated rings. The minimum Gasteiger partial charge on any atom is -0.327 e. The van der Waals surface area contributed by atoms with Crippen LogP contribution in [0.2, 0.25) is 0 Å². The molecule has 2 N–H and O–H groups in total. The Bertz CT molecular complexity index is 112. The van der Waals surface area contributed by atoms with Gasteiger partial charge >= 0.3 is 0 Å². The highest BCUT2D eigenvalue weighted by Crippen LogP contribution is 2.25. The van der Waals surface area contributed by atoms with E-state index in [2.05, 4.69) is 27.7 Å². The quantitative estimate of drug-likeness (QED) is 0.629. The molecule has 0 aliphatic rings. The van der Waals surface area contributed by atoms with Gasteiger partial charge in [0.1, 0.15) is 0 Å². The minimum atomic E-state index is 0.435. The maximum absolute atomic E-state index is 6.36. The summed E-state index contributed by atoms with van der Waals surface area (Å²) in [6.07, 6.45) is 7.65. The normalized spacial score (nSPS) is 13.9. The fourth-order valence-corrected chi connectivity index (χ4v) is 2.49. The molecule has 0 aliphatic carbocycles. The molecule has 1 unspecified atom stereocenters. The second-order valence-electron chi connectivity index (χ2n) is 4.49. The van der Waals surface area contributed by atoms with Crippen molar-refractivity contribution >= 4 is 0 Å². The van der Waals surface area contributed by atoms with E-state index in [-0.39, 0.29) is 0 Å². The van der Waals surface area contributed by atoms with E-state index in [0.29, 0.717) is 6.04 Å². The van der Waals surface area contributed by atoms with Crippen molar-refractivity contribution in [3.63, 3.8) is 0 Å². The van der Waals surface area contributed by atoms with Gasteiger partial charge in [0.2, 0.25) is 0 Å². The Balaban J connectivity index is 4.16. The first-order valence-corrected chi connectivity index (χ1v) is 6.46. The first kappa shape index (κ1) is 14.0. The van der Waals surface area contributed by atoms with Gasteiger partial charge in [-0.25, -0.2) is 0 Å². The summed E-state index contributed by atoms with van der Waals surface area (Å²) in [5, 5.41) is 0. The zero-order valence-electron chi connectivity index (χ0n) is 10.6. The monoisotopic (exact) mass is 199 g/mol. The number of rotatable bonds is 8. The third-order valence-corrected chi connectivity index (χ3v) is 3.46. The molecule has 0 saturated carbocycles. The van der Waals surface area contributed by atoms with Gasteiger partial charge < -0.3 is 5.73 Å². The lowest BCUT2D eigenvalue weighted by Crippen LogP contribution is -2.37. The van der Waals surface area contributed by atoms with E-state index in [4.69, 9.17) is 5.73 Å². The molecule has 0 rings (SSSR count). The summed E-state index contributed by atoms with van der Waals surface area (Å²) in [7, 11) is 0. The molecule has 86 valence electrons. The van der Waals surface area contributed by atoms with Crippen molar-refractivity contribution in [3.05, 3.63) is 0 Å². The molecule has 0 bridgehead atoms. The second kappa shape index (κ2) is 8.28. The Morgan fingerprint density at radius 1 is 0.786 bits per heavy atom. The van der Waals surface area contributed by atoms with Crippen molar-refractivity contribution in [1.82, 2.24) is 0 Å². The lowest BCUT2D eigenvalue weighted by molar-refractivity contribution is 0.264. The summed E-state index contributed by atoms with van der Waals surface area (Å²) in [4.78, 5) is 0. The van der Waals surface area contributed by atoms with E-state index in [1.54, 1.807) is 0 Å². The molecule has 1 nitrogen and oxygen atoms in total. The van der Waals surface area contributed by atoms with Crippen LogP contribution in [0.4, 0.5) is 0 Å². The molecule has 1 heteroatoms. The van der Waals surface area contributed by atoms with Gasteiger partial charge in [0, 0.05) is 6.04 Å². The van der Waals surface area contributed by atoms with Crippen molar-refractivity contribution in [2.45, 2.75) is 72.3 Å². The molecule has 0 aromatic rings. The third-order valence-electron chi connectivity index (χ3n) is 3.46. The number of hydrogen-bond acceptors (Lipinski definition) is 1. The zero-order chi connectivity index (χ0) is 11.0. The van der Waals surface area contributed by atoms with E-state index in [1.165, 1.54) is 38.5 Å². The highest BCUT2D eigenvalue weighted by molar-refractivity contribution is 4.78. The van der Waals surface area contributed by atoms with Crippen LogP contribution in [0.15, 0.2) is 0 Å². The van der Waals surface area contributed by atoms with E-state index >= 15 is 0 Å². The second-order valence-corrected chi connectivity index (χ2v) is 4.49. The summed E-state index contributed by atoms with van der Waals surface area (Å²) in [6.45, 7) is 9.07. The maximum Gasteiger partial charge on any atom is 0.00954 e.